The fourth-order valence-corrected chi connectivity index (χ4v) is 1.90. The maximum Gasteiger partial charge on any atom is 0.241 e. The SMILES string of the molecule is Cc1cccc(C)c1NCC(=O)N(C)CCC(C)O. The number of carbonyl (C=O) groups excluding carboxylic acids is 1. The van der Waals surface area contributed by atoms with Gasteiger partial charge in [0.2, 0.25) is 5.91 Å². The third-order valence-electron chi connectivity index (χ3n) is 3.21. The minimum absolute atomic E-state index is 0.0308. The van der Waals surface area contributed by atoms with Crippen LogP contribution in [0.15, 0.2) is 18.2 Å². The first kappa shape index (κ1) is 15.5. The van der Waals surface area contributed by atoms with Crippen LogP contribution in [-0.4, -0.2) is 42.2 Å². The predicted octanol–water partition coefficient (Wildman–Crippen LogP) is 1.94. The first-order valence-corrected chi connectivity index (χ1v) is 6.64. The van der Waals surface area contributed by atoms with Crippen LogP contribution >= 0.6 is 0 Å². The van der Waals surface area contributed by atoms with Crippen molar-refractivity contribution in [1.29, 1.82) is 0 Å². The van der Waals surface area contributed by atoms with Crippen LogP contribution in [0.2, 0.25) is 0 Å². The molecule has 1 rings (SSSR count). The lowest BCUT2D eigenvalue weighted by Gasteiger charge is -2.19. The molecule has 19 heavy (non-hydrogen) atoms. The zero-order valence-corrected chi connectivity index (χ0v) is 12.2. The van der Waals surface area contributed by atoms with Crippen LogP contribution in [0, 0.1) is 13.8 Å². The first-order valence-electron chi connectivity index (χ1n) is 6.64. The van der Waals surface area contributed by atoms with Crippen molar-refractivity contribution in [3.63, 3.8) is 0 Å². The Bertz CT molecular complexity index is 410. The van der Waals surface area contributed by atoms with E-state index in [4.69, 9.17) is 0 Å². The van der Waals surface area contributed by atoms with Crippen molar-refractivity contribution in [2.45, 2.75) is 33.3 Å². The molecule has 0 aromatic heterocycles. The highest BCUT2D eigenvalue weighted by Gasteiger charge is 2.10. The maximum absolute atomic E-state index is 11.9. The Hall–Kier alpha value is -1.55. The highest BCUT2D eigenvalue weighted by Crippen LogP contribution is 2.18. The number of aryl methyl sites for hydroxylation is 2. The molecule has 106 valence electrons. The Morgan fingerprint density at radius 2 is 1.95 bits per heavy atom. The lowest BCUT2D eigenvalue weighted by atomic mass is 10.1. The summed E-state index contributed by atoms with van der Waals surface area (Å²) < 4.78 is 0. The van der Waals surface area contributed by atoms with E-state index in [1.165, 1.54) is 0 Å². The van der Waals surface area contributed by atoms with Gasteiger partial charge in [0.1, 0.15) is 0 Å². The van der Waals surface area contributed by atoms with E-state index in [-0.39, 0.29) is 18.6 Å². The number of rotatable bonds is 6. The number of nitrogens with zero attached hydrogens (tertiary/aromatic N) is 1. The largest absolute Gasteiger partial charge is 0.393 e. The number of hydrogen-bond donors (Lipinski definition) is 2. The van der Waals surface area contributed by atoms with Crippen LogP contribution in [0.4, 0.5) is 5.69 Å². The molecule has 0 aliphatic rings. The highest BCUT2D eigenvalue weighted by atomic mass is 16.3. The van der Waals surface area contributed by atoms with E-state index in [9.17, 15) is 9.90 Å². The number of carbonyl (C=O) groups is 1. The van der Waals surface area contributed by atoms with E-state index in [0.717, 1.165) is 16.8 Å². The maximum atomic E-state index is 11.9. The van der Waals surface area contributed by atoms with E-state index < -0.39 is 0 Å². The highest BCUT2D eigenvalue weighted by molar-refractivity contribution is 5.81. The fraction of sp³-hybridized carbons (Fsp3) is 0.533. The molecule has 4 heteroatoms. The molecule has 1 aromatic rings. The van der Waals surface area contributed by atoms with E-state index in [1.54, 1.807) is 18.9 Å². The van der Waals surface area contributed by atoms with Crippen LogP contribution < -0.4 is 5.32 Å². The summed E-state index contributed by atoms with van der Waals surface area (Å²) in [5.74, 6) is 0.0308. The fourth-order valence-electron chi connectivity index (χ4n) is 1.90. The molecule has 0 spiro atoms. The van der Waals surface area contributed by atoms with Crippen molar-refractivity contribution in [1.82, 2.24) is 4.90 Å². The van der Waals surface area contributed by atoms with Crippen molar-refractivity contribution in [2.75, 3.05) is 25.5 Å². The first-order chi connectivity index (χ1) is 8.91. The van der Waals surface area contributed by atoms with Gasteiger partial charge >= 0.3 is 0 Å². The summed E-state index contributed by atoms with van der Waals surface area (Å²) in [4.78, 5) is 13.6. The Balaban J connectivity index is 2.50. The van der Waals surface area contributed by atoms with Crippen LogP contribution in [-0.2, 0) is 4.79 Å². The molecule has 0 aliphatic carbocycles. The minimum atomic E-state index is -0.373. The molecule has 0 fully saturated rings. The number of amides is 1. The second kappa shape index (κ2) is 7.14. The Kier molecular flexibility index (Phi) is 5.83. The molecule has 2 N–H and O–H groups in total. The summed E-state index contributed by atoms with van der Waals surface area (Å²) in [5, 5.41) is 12.4. The monoisotopic (exact) mass is 264 g/mol. The van der Waals surface area contributed by atoms with E-state index in [0.29, 0.717) is 13.0 Å². The number of aliphatic hydroxyl groups is 1. The van der Waals surface area contributed by atoms with Gasteiger partial charge in [0.15, 0.2) is 0 Å². The number of likely N-dealkylation sites (N-methyl/N-ethyl adjacent to an activating group) is 1. The number of benzene rings is 1. The van der Waals surface area contributed by atoms with E-state index in [1.807, 2.05) is 32.0 Å². The molecule has 0 saturated heterocycles. The minimum Gasteiger partial charge on any atom is -0.393 e. The van der Waals surface area contributed by atoms with E-state index >= 15 is 0 Å². The van der Waals surface area contributed by atoms with Gasteiger partial charge in [0, 0.05) is 19.3 Å². The molecule has 0 heterocycles. The quantitative estimate of drug-likeness (QED) is 0.825. The summed E-state index contributed by atoms with van der Waals surface area (Å²) in [6, 6.07) is 6.06. The molecule has 1 atom stereocenters. The van der Waals surface area contributed by atoms with Gasteiger partial charge in [-0.2, -0.15) is 0 Å². The smallest absolute Gasteiger partial charge is 0.241 e. The molecule has 0 aliphatic heterocycles. The number of aliphatic hydroxyl groups excluding tert-OH is 1. The van der Waals surface area contributed by atoms with Gasteiger partial charge in [0.25, 0.3) is 0 Å². The normalized spacial score (nSPS) is 12.1. The number of para-hydroxylation sites is 1. The molecular weight excluding hydrogens is 240 g/mol. The molecule has 0 radical (unpaired) electrons. The van der Waals surface area contributed by atoms with Gasteiger partial charge in [-0.05, 0) is 38.3 Å². The van der Waals surface area contributed by atoms with Gasteiger partial charge in [0.05, 0.1) is 12.6 Å². The summed E-state index contributed by atoms with van der Waals surface area (Å²) in [7, 11) is 1.76. The van der Waals surface area contributed by atoms with Crippen molar-refractivity contribution in [3.05, 3.63) is 29.3 Å². The van der Waals surface area contributed by atoms with Gasteiger partial charge in [-0.1, -0.05) is 18.2 Å². The lowest BCUT2D eigenvalue weighted by molar-refractivity contribution is -0.128. The third kappa shape index (κ3) is 4.91. The predicted molar refractivity (Wildman–Crippen MR) is 78.3 cm³/mol. The molecular formula is C15H24N2O2. The van der Waals surface area contributed by atoms with Crippen LogP contribution in [0.25, 0.3) is 0 Å². The number of nitrogens with one attached hydrogen (secondary N) is 1. The van der Waals surface area contributed by atoms with Crippen molar-refractivity contribution >= 4 is 11.6 Å². The van der Waals surface area contributed by atoms with Gasteiger partial charge < -0.3 is 15.3 Å². The second-order valence-electron chi connectivity index (χ2n) is 5.07. The van der Waals surface area contributed by atoms with Crippen molar-refractivity contribution < 1.29 is 9.90 Å². The average Bonchev–Trinajstić information content (AvgIpc) is 2.35. The van der Waals surface area contributed by atoms with Gasteiger partial charge in [-0.15, -0.1) is 0 Å². The molecule has 0 bridgehead atoms. The topological polar surface area (TPSA) is 52.6 Å². The van der Waals surface area contributed by atoms with Gasteiger partial charge in [-0.25, -0.2) is 0 Å². The zero-order valence-electron chi connectivity index (χ0n) is 12.2. The van der Waals surface area contributed by atoms with Crippen LogP contribution in [0.1, 0.15) is 24.5 Å². The number of hydrogen-bond acceptors (Lipinski definition) is 3. The Morgan fingerprint density at radius 3 is 2.47 bits per heavy atom. The van der Waals surface area contributed by atoms with Crippen molar-refractivity contribution in [2.24, 2.45) is 0 Å². The molecule has 4 nitrogen and oxygen atoms in total. The van der Waals surface area contributed by atoms with Crippen LogP contribution in [0.3, 0.4) is 0 Å². The van der Waals surface area contributed by atoms with Crippen molar-refractivity contribution in [3.8, 4) is 0 Å². The molecule has 0 saturated carbocycles. The van der Waals surface area contributed by atoms with E-state index in [2.05, 4.69) is 5.32 Å². The third-order valence-corrected chi connectivity index (χ3v) is 3.21. The molecule has 1 unspecified atom stereocenters. The average molecular weight is 264 g/mol. The summed E-state index contributed by atoms with van der Waals surface area (Å²) >= 11 is 0. The Labute approximate surface area is 115 Å². The standard InChI is InChI=1S/C15H24N2O2/c1-11-6-5-7-12(2)15(11)16-10-14(19)17(4)9-8-13(3)18/h5-7,13,16,18H,8-10H2,1-4H3. The summed E-state index contributed by atoms with van der Waals surface area (Å²) in [5.41, 5.74) is 3.30. The molecule has 1 amide bonds. The Morgan fingerprint density at radius 1 is 1.37 bits per heavy atom. The zero-order chi connectivity index (χ0) is 14.4. The second-order valence-corrected chi connectivity index (χ2v) is 5.07. The molecule has 1 aromatic carbocycles. The van der Waals surface area contributed by atoms with Crippen LogP contribution in [0.5, 0.6) is 0 Å². The van der Waals surface area contributed by atoms with Gasteiger partial charge in [-0.3, -0.25) is 4.79 Å². The number of anilines is 1. The summed E-state index contributed by atoms with van der Waals surface area (Å²) in [6.07, 6.45) is 0.229. The lowest BCUT2D eigenvalue weighted by Crippen LogP contribution is -2.34. The summed E-state index contributed by atoms with van der Waals surface area (Å²) in [6.45, 7) is 6.63.